The van der Waals surface area contributed by atoms with Gasteiger partial charge in [0.25, 0.3) is 0 Å². The molecule has 0 amide bonds. The molecule has 0 atom stereocenters. The van der Waals surface area contributed by atoms with Crippen molar-refractivity contribution >= 4 is 15.8 Å². The molecule has 0 radical (unpaired) electrons. The van der Waals surface area contributed by atoms with Crippen LogP contribution in [0.25, 0.3) is 0 Å². The van der Waals surface area contributed by atoms with Gasteiger partial charge in [0, 0.05) is 13.1 Å². The van der Waals surface area contributed by atoms with E-state index >= 15 is 0 Å². The number of carboxylic acid groups (broad SMARTS) is 1. The van der Waals surface area contributed by atoms with Crippen LogP contribution in [0, 0.1) is 11.6 Å². The Morgan fingerprint density at radius 3 is 2.62 bits per heavy atom. The molecule has 6 nitrogen and oxygen atoms in total. The van der Waals surface area contributed by atoms with Gasteiger partial charge < -0.3 is 5.11 Å². The average molecular weight is 316 g/mol. The first kappa shape index (κ1) is 15.1. The van der Waals surface area contributed by atoms with Gasteiger partial charge in [-0.1, -0.05) is 0 Å². The van der Waals surface area contributed by atoms with E-state index in [4.69, 9.17) is 5.11 Å². The van der Waals surface area contributed by atoms with Crippen molar-refractivity contribution in [2.75, 3.05) is 0 Å². The van der Waals surface area contributed by atoms with Gasteiger partial charge in [0.05, 0.1) is 17.6 Å². The molecule has 0 spiro atoms. The fourth-order valence-corrected chi connectivity index (χ4v) is 3.29. The molecule has 0 bridgehead atoms. The minimum atomic E-state index is -4.18. The Bertz CT molecular complexity index is 815. The van der Waals surface area contributed by atoms with Gasteiger partial charge in [0.2, 0.25) is 0 Å². The van der Waals surface area contributed by atoms with Gasteiger partial charge in [-0.15, -0.1) is 0 Å². The number of sulfone groups is 1. The van der Waals surface area contributed by atoms with Gasteiger partial charge in [-0.3, -0.25) is 4.68 Å². The fourth-order valence-electron chi connectivity index (χ4n) is 1.80. The van der Waals surface area contributed by atoms with Gasteiger partial charge in [-0.05, 0) is 12.1 Å². The summed E-state index contributed by atoms with van der Waals surface area (Å²) in [6.07, 6.45) is 1.01. The predicted molar refractivity (Wildman–Crippen MR) is 67.4 cm³/mol. The molecule has 0 saturated heterocycles. The third kappa shape index (κ3) is 2.92. The fraction of sp³-hybridized carbons (Fsp3) is 0.167. The third-order valence-corrected chi connectivity index (χ3v) is 4.50. The number of nitrogens with zero attached hydrogens (tertiary/aromatic N) is 2. The molecular weight excluding hydrogens is 306 g/mol. The van der Waals surface area contributed by atoms with E-state index in [0.717, 1.165) is 23.0 Å². The van der Waals surface area contributed by atoms with Crippen LogP contribution in [0.4, 0.5) is 8.78 Å². The Hall–Kier alpha value is -2.29. The molecule has 112 valence electrons. The van der Waals surface area contributed by atoms with Crippen molar-refractivity contribution in [2.45, 2.75) is 10.6 Å². The zero-order chi connectivity index (χ0) is 15.8. The van der Waals surface area contributed by atoms with Crippen LogP contribution in [-0.4, -0.2) is 29.3 Å². The maximum absolute atomic E-state index is 13.6. The molecule has 2 aromatic rings. The van der Waals surface area contributed by atoms with Gasteiger partial charge in [0.1, 0.15) is 22.1 Å². The van der Waals surface area contributed by atoms with E-state index in [-0.39, 0.29) is 11.3 Å². The second kappa shape index (κ2) is 5.24. The van der Waals surface area contributed by atoms with Gasteiger partial charge in [0.15, 0.2) is 9.84 Å². The third-order valence-electron chi connectivity index (χ3n) is 2.85. The molecule has 0 aliphatic carbocycles. The van der Waals surface area contributed by atoms with E-state index in [1.54, 1.807) is 0 Å². The molecule has 21 heavy (non-hydrogen) atoms. The largest absolute Gasteiger partial charge is 0.478 e. The number of hydrogen-bond donors (Lipinski definition) is 1. The van der Waals surface area contributed by atoms with Crippen LogP contribution in [0.1, 0.15) is 16.1 Å². The van der Waals surface area contributed by atoms with Crippen LogP contribution in [-0.2, 0) is 22.6 Å². The molecule has 1 N–H and O–H groups in total. The Labute approximate surface area is 118 Å². The highest BCUT2D eigenvalue weighted by Gasteiger charge is 2.25. The molecule has 0 saturated carbocycles. The maximum atomic E-state index is 13.6. The smallest absolute Gasteiger partial charge is 0.339 e. The molecule has 2 rings (SSSR count). The number of carboxylic acids is 1. The van der Waals surface area contributed by atoms with Crippen LogP contribution >= 0.6 is 0 Å². The van der Waals surface area contributed by atoms with Crippen LogP contribution < -0.4 is 0 Å². The number of aromatic carboxylic acids is 1. The number of rotatable bonds is 4. The van der Waals surface area contributed by atoms with E-state index in [0.29, 0.717) is 6.07 Å². The average Bonchev–Trinajstić information content (AvgIpc) is 2.70. The summed E-state index contributed by atoms with van der Waals surface area (Å²) in [5.74, 6) is -4.23. The zero-order valence-corrected chi connectivity index (χ0v) is 11.6. The first-order valence-electron chi connectivity index (χ1n) is 5.64. The minimum Gasteiger partial charge on any atom is -0.478 e. The summed E-state index contributed by atoms with van der Waals surface area (Å²) in [5.41, 5.74) is -0.380. The van der Waals surface area contributed by atoms with Gasteiger partial charge in [-0.2, -0.15) is 5.10 Å². The molecule has 0 unspecified atom stereocenters. The Morgan fingerprint density at radius 1 is 1.38 bits per heavy atom. The lowest BCUT2D eigenvalue weighted by molar-refractivity contribution is 0.0696. The van der Waals surface area contributed by atoms with Crippen molar-refractivity contribution in [3.63, 3.8) is 0 Å². The molecular formula is C12H10F2N2O4S. The summed E-state index contributed by atoms with van der Waals surface area (Å²) in [7, 11) is -2.80. The van der Waals surface area contributed by atoms with Crippen molar-refractivity contribution in [2.24, 2.45) is 7.05 Å². The van der Waals surface area contributed by atoms with E-state index in [1.165, 1.54) is 7.05 Å². The lowest BCUT2D eigenvalue weighted by Crippen LogP contribution is -2.13. The minimum absolute atomic E-state index is 0.0915. The normalized spacial score (nSPS) is 11.6. The predicted octanol–water partition coefficient (Wildman–Crippen LogP) is 1.37. The van der Waals surface area contributed by atoms with Gasteiger partial charge >= 0.3 is 5.97 Å². The summed E-state index contributed by atoms with van der Waals surface area (Å²) in [6, 6.07) is 2.07. The monoisotopic (exact) mass is 316 g/mol. The van der Waals surface area contributed by atoms with E-state index in [1.807, 2.05) is 0 Å². The second-order valence-corrected chi connectivity index (χ2v) is 6.23. The number of halogens is 2. The van der Waals surface area contributed by atoms with Crippen molar-refractivity contribution in [3.05, 3.63) is 47.3 Å². The van der Waals surface area contributed by atoms with Crippen LogP contribution in [0.15, 0.2) is 29.3 Å². The number of hydrogen-bond acceptors (Lipinski definition) is 4. The van der Waals surface area contributed by atoms with Crippen molar-refractivity contribution in [3.8, 4) is 0 Å². The lowest BCUT2D eigenvalue weighted by Gasteiger charge is -2.07. The Morgan fingerprint density at radius 2 is 2.05 bits per heavy atom. The second-order valence-electron chi connectivity index (χ2n) is 4.27. The topological polar surface area (TPSA) is 89.3 Å². The number of benzene rings is 1. The molecule has 1 heterocycles. The molecule has 0 aliphatic rings. The summed E-state index contributed by atoms with van der Waals surface area (Å²) in [6.45, 7) is 0. The molecule has 0 aliphatic heterocycles. The van der Waals surface area contributed by atoms with Crippen LogP contribution in [0.3, 0.4) is 0 Å². The van der Waals surface area contributed by atoms with Crippen molar-refractivity contribution in [1.29, 1.82) is 0 Å². The molecule has 1 aromatic heterocycles. The number of carbonyl (C=O) groups is 1. The number of aryl methyl sites for hydroxylation is 1. The van der Waals surface area contributed by atoms with E-state index in [2.05, 4.69) is 5.10 Å². The summed E-state index contributed by atoms with van der Waals surface area (Å²) >= 11 is 0. The molecule has 0 fully saturated rings. The summed E-state index contributed by atoms with van der Waals surface area (Å²) in [5, 5.41) is 12.6. The first-order valence-corrected chi connectivity index (χ1v) is 7.29. The van der Waals surface area contributed by atoms with E-state index < -0.39 is 38.1 Å². The van der Waals surface area contributed by atoms with Crippen LogP contribution in [0.2, 0.25) is 0 Å². The highest BCUT2D eigenvalue weighted by molar-refractivity contribution is 7.90. The standard InChI is InChI=1S/C12H10F2N2O4S/c1-16-10(8(5-15-16)12(17)18)6-21(19,20)11-3-2-7(13)4-9(11)14/h2-5H,6H2,1H3,(H,17,18). The summed E-state index contributed by atoms with van der Waals surface area (Å²) in [4.78, 5) is 10.3. The summed E-state index contributed by atoms with van der Waals surface area (Å²) < 4.78 is 51.8. The van der Waals surface area contributed by atoms with Crippen LogP contribution in [0.5, 0.6) is 0 Å². The highest BCUT2D eigenvalue weighted by atomic mass is 32.2. The quantitative estimate of drug-likeness (QED) is 0.861. The molecule has 9 heteroatoms. The zero-order valence-electron chi connectivity index (χ0n) is 10.7. The molecule has 1 aromatic carbocycles. The Kier molecular flexibility index (Phi) is 3.77. The van der Waals surface area contributed by atoms with Gasteiger partial charge in [-0.25, -0.2) is 22.0 Å². The Balaban J connectivity index is 2.47. The van der Waals surface area contributed by atoms with Crippen molar-refractivity contribution < 1.29 is 27.1 Å². The highest BCUT2D eigenvalue weighted by Crippen LogP contribution is 2.22. The number of aromatic nitrogens is 2. The van der Waals surface area contributed by atoms with Crippen molar-refractivity contribution in [1.82, 2.24) is 9.78 Å². The van der Waals surface area contributed by atoms with E-state index in [9.17, 15) is 22.0 Å². The maximum Gasteiger partial charge on any atom is 0.339 e. The lowest BCUT2D eigenvalue weighted by atomic mass is 10.3. The SMILES string of the molecule is Cn1ncc(C(=O)O)c1CS(=O)(=O)c1ccc(F)cc1F. The first-order chi connectivity index (χ1) is 9.72.